The van der Waals surface area contributed by atoms with Gasteiger partial charge in [-0.25, -0.2) is 4.39 Å². The van der Waals surface area contributed by atoms with Crippen molar-refractivity contribution in [3.05, 3.63) is 78.1 Å². The highest BCUT2D eigenvalue weighted by atomic mass is 19.1. The summed E-state index contributed by atoms with van der Waals surface area (Å²) >= 11 is 0. The van der Waals surface area contributed by atoms with Gasteiger partial charge >= 0.3 is 0 Å². The fraction of sp³-hybridized carbons (Fsp3) is 0.0952. The molecule has 138 valence electrons. The number of hydrogen-bond acceptors (Lipinski definition) is 4. The first-order valence-corrected chi connectivity index (χ1v) is 8.25. The van der Waals surface area contributed by atoms with Crippen LogP contribution in [0.4, 0.5) is 21.5 Å². The average Bonchev–Trinajstić information content (AvgIpc) is 2.70. The fourth-order valence-electron chi connectivity index (χ4n) is 2.54. The van der Waals surface area contributed by atoms with E-state index in [1.165, 1.54) is 12.1 Å². The molecule has 0 atom stereocenters. The number of amides is 1. The van der Waals surface area contributed by atoms with E-state index in [-0.39, 0.29) is 5.56 Å². The number of methoxy groups -OCH3 is 2. The smallest absolute Gasteiger partial charge is 0.258 e. The van der Waals surface area contributed by atoms with Gasteiger partial charge in [0.1, 0.15) is 17.3 Å². The molecule has 0 saturated heterocycles. The summed E-state index contributed by atoms with van der Waals surface area (Å²) in [7, 11) is 3.18. The highest BCUT2D eigenvalue weighted by molar-refractivity contribution is 6.04. The van der Waals surface area contributed by atoms with Crippen molar-refractivity contribution in [3.8, 4) is 11.5 Å². The van der Waals surface area contributed by atoms with E-state index in [4.69, 9.17) is 9.47 Å². The number of rotatable bonds is 6. The first-order valence-electron chi connectivity index (χ1n) is 8.25. The van der Waals surface area contributed by atoms with Gasteiger partial charge in [0.25, 0.3) is 5.91 Å². The third-order valence-corrected chi connectivity index (χ3v) is 3.95. The van der Waals surface area contributed by atoms with Crippen LogP contribution in [0.5, 0.6) is 11.5 Å². The summed E-state index contributed by atoms with van der Waals surface area (Å²) in [4.78, 5) is 12.2. The van der Waals surface area contributed by atoms with Gasteiger partial charge in [-0.1, -0.05) is 12.1 Å². The lowest BCUT2D eigenvalue weighted by molar-refractivity contribution is 0.102. The minimum absolute atomic E-state index is 0.00247. The maximum atomic E-state index is 13.7. The van der Waals surface area contributed by atoms with E-state index in [1.807, 2.05) is 12.1 Å². The molecular formula is C21H19FN2O3. The fourth-order valence-corrected chi connectivity index (χ4v) is 2.54. The summed E-state index contributed by atoms with van der Waals surface area (Å²) < 4.78 is 24.2. The minimum Gasteiger partial charge on any atom is -0.497 e. The predicted molar refractivity (Wildman–Crippen MR) is 104 cm³/mol. The van der Waals surface area contributed by atoms with Crippen molar-refractivity contribution >= 4 is 23.0 Å². The highest BCUT2D eigenvalue weighted by Gasteiger charge is 2.11. The number of ether oxygens (including phenoxy) is 2. The maximum absolute atomic E-state index is 13.7. The second kappa shape index (κ2) is 8.23. The normalized spacial score (nSPS) is 10.2. The Kier molecular flexibility index (Phi) is 5.56. The van der Waals surface area contributed by atoms with E-state index in [2.05, 4.69) is 10.6 Å². The molecule has 0 saturated carbocycles. The molecule has 0 aliphatic carbocycles. The summed E-state index contributed by atoms with van der Waals surface area (Å²) in [6, 6.07) is 18.4. The molecule has 1 amide bonds. The Morgan fingerprint density at radius 2 is 1.59 bits per heavy atom. The lowest BCUT2D eigenvalue weighted by atomic mass is 10.2. The Morgan fingerprint density at radius 1 is 0.889 bits per heavy atom. The summed E-state index contributed by atoms with van der Waals surface area (Å²) in [6.45, 7) is 0. The molecule has 0 fully saturated rings. The molecule has 0 radical (unpaired) electrons. The number of hydrogen-bond donors (Lipinski definition) is 2. The van der Waals surface area contributed by atoms with Gasteiger partial charge in [0.15, 0.2) is 0 Å². The van der Waals surface area contributed by atoms with Crippen molar-refractivity contribution in [2.24, 2.45) is 0 Å². The van der Waals surface area contributed by atoms with Crippen LogP contribution in [0, 0.1) is 5.82 Å². The maximum Gasteiger partial charge on any atom is 0.258 e. The van der Waals surface area contributed by atoms with Gasteiger partial charge in [0.05, 0.1) is 25.5 Å². The molecule has 0 bridgehead atoms. The van der Waals surface area contributed by atoms with E-state index in [9.17, 15) is 9.18 Å². The van der Waals surface area contributed by atoms with Crippen LogP contribution < -0.4 is 20.1 Å². The number of anilines is 3. The van der Waals surface area contributed by atoms with Crippen LogP contribution in [0.2, 0.25) is 0 Å². The Hall–Kier alpha value is -3.54. The lowest BCUT2D eigenvalue weighted by Crippen LogP contribution is -2.13. The van der Waals surface area contributed by atoms with Gasteiger partial charge in [-0.15, -0.1) is 0 Å². The molecule has 0 spiro atoms. The average molecular weight is 366 g/mol. The molecule has 0 aliphatic rings. The monoisotopic (exact) mass is 366 g/mol. The summed E-state index contributed by atoms with van der Waals surface area (Å²) in [5, 5.41) is 5.92. The van der Waals surface area contributed by atoms with Gasteiger partial charge in [0, 0.05) is 17.4 Å². The lowest BCUT2D eigenvalue weighted by Gasteiger charge is -2.13. The Morgan fingerprint density at radius 3 is 2.26 bits per heavy atom. The minimum atomic E-state index is -0.556. The van der Waals surface area contributed by atoms with Crippen molar-refractivity contribution in [3.63, 3.8) is 0 Å². The third kappa shape index (κ3) is 4.36. The van der Waals surface area contributed by atoms with Crippen molar-refractivity contribution in [2.75, 3.05) is 24.9 Å². The first kappa shape index (κ1) is 18.3. The zero-order valence-corrected chi connectivity index (χ0v) is 15.0. The SMILES string of the molecule is COc1ccc(Nc2ccc(NC(=O)c3ccccc3F)cc2)c(OC)c1. The molecule has 3 aromatic rings. The number of nitrogens with one attached hydrogen (secondary N) is 2. The van der Waals surface area contributed by atoms with Crippen LogP contribution >= 0.6 is 0 Å². The Balaban J connectivity index is 1.71. The van der Waals surface area contributed by atoms with E-state index in [1.54, 1.807) is 56.7 Å². The first-order chi connectivity index (χ1) is 13.1. The van der Waals surface area contributed by atoms with Gasteiger partial charge in [-0.3, -0.25) is 4.79 Å². The summed E-state index contributed by atoms with van der Waals surface area (Å²) in [6.07, 6.45) is 0. The molecule has 2 N–H and O–H groups in total. The van der Waals surface area contributed by atoms with Gasteiger partial charge < -0.3 is 20.1 Å². The second-order valence-corrected chi connectivity index (χ2v) is 5.70. The van der Waals surface area contributed by atoms with E-state index in [0.717, 1.165) is 11.4 Å². The summed E-state index contributed by atoms with van der Waals surface area (Å²) in [5.74, 6) is 0.292. The van der Waals surface area contributed by atoms with Gasteiger partial charge in [0.2, 0.25) is 0 Å². The molecular weight excluding hydrogens is 347 g/mol. The van der Waals surface area contributed by atoms with Gasteiger partial charge in [-0.2, -0.15) is 0 Å². The van der Waals surface area contributed by atoms with Crippen molar-refractivity contribution in [1.29, 1.82) is 0 Å². The van der Waals surface area contributed by atoms with Crippen LogP contribution in [-0.2, 0) is 0 Å². The van der Waals surface area contributed by atoms with Crippen molar-refractivity contribution in [2.45, 2.75) is 0 Å². The molecule has 0 heterocycles. The van der Waals surface area contributed by atoms with Crippen LogP contribution in [0.1, 0.15) is 10.4 Å². The van der Waals surface area contributed by atoms with Crippen LogP contribution in [0.3, 0.4) is 0 Å². The zero-order chi connectivity index (χ0) is 19.2. The van der Waals surface area contributed by atoms with Crippen LogP contribution in [-0.4, -0.2) is 20.1 Å². The van der Waals surface area contributed by atoms with Crippen LogP contribution in [0.25, 0.3) is 0 Å². The number of carbonyl (C=O) groups excluding carboxylic acids is 1. The molecule has 0 unspecified atom stereocenters. The zero-order valence-electron chi connectivity index (χ0n) is 15.0. The number of halogens is 1. The number of carbonyl (C=O) groups is 1. The standard InChI is InChI=1S/C21H19FN2O3/c1-26-16-11-12-19(20(13-16)27-2)23-14-7-9-15(10-8-14)24-21(25)17-5-3-4-6-18(17)22/h3-13,23H,1-2H3,(H,24,25). The molecule has 5 nitrogen and oxygen atoms in total. The molecule has 0 aromatic heterocycles. The molecule has 3 rings (SSSR count). The Bertz CT molecular complexity index is 942. The van der Waals surface area contributed by atoms with E-state index in [0.29, 0.717) is 17.2 Å². The number of benzene rings is 3. The third-order valence-electron chi connectivity index (χ3n) is 3.95. The largest absolute Gasteiger partial charge is 0.497 e. The molecule has 0 aliphatic heterocycles. The highest BCUT2D eigenvalue weighted by Crippen LogP contribution is 2.31. The van der Waals surface area contributed by atoms with E-state index >= 15 is 0 Å². The quantitative estimate of drug-likeness (QED) is 0.655. The molecule has 27 heavy (non-hydrogen) atoms. The van der Waals surface area contributed by atoms with Crippen molar-refractivity contribution in [1.82, 2.24) is 0 Å². The van der Waals surface area contributed by atoms with Gasteiger partial charge in [-0.05, 0) is 48.5 Å². The topological polar surface area (TPSA) is 59.6 Å². The van der Waals surface area contributed by atoms with E-state index < -0.39 is 11.7 Å². The van der Waals surface area contributed by atoms with Crippen LogP contribution in [0.15, 0.2) is 66.7 Å². The molecule has 6 heteroatoms. The second-order valence-electron chi connectivity index (χ2n) is 5.70. The van der Waals surface area contributed by atoms with Crippen molar-refractivity contribution < 1.29 is 18.7 Å². The predicted octanol–water partition coefficient (Wildman–Crippen LogP) is 4.84. The summed E-state index contributed by atoms with van der Waals surface area (Å²) in [5.41, 5.74) is 2.15. The Labute approximate surface area is 156 Å². The molecule has 3 aromatic carbocycles.